The minimum atomic E-state index is -0.915. The number of piperazine rings is 2. The summed E-state index contributed by atoms with van der Waals surface area (Å²) in [7, 11) is 0. The molecule has 3 fully saturated rings. The van der Waals surface area contributed by atoms with Crippen LogP contribution in [0.5, 0.6) is 0 Å². The van der Waals surface area contributed by atoms with E-state index >= 15 is 0 Å². The summed E-state index contributed by atoms with van der Waals surface area (Å²) in [6.45, 7) is 7.16. The molecule has 176 valence electrons. The molecule has 2 aromatic rings. The number of aromatic nitrogens is 2. The van der Waals surface area contributed by atoms with Gasteiger partial charge in [-0.3, -0.25) is 14.6 Å². The van der Waals surface area contributed by atoms with E-state index < -0.39 is 11.6 Å². The zero-order chi connectivity index (χ0) is 22.8. The zero-order valence-corrected chi connectivity index (χ0v) is 18.8. The maximum atomic E-state index is 14.0. The Morgan fingerprint density at radius 1 is 0.909 bits per heavy atom. The summed E-state index contributed by atoms with van der Waals surface area (Å²) in [4.78, 5) is 21.6. The summed E-state index contributed by atoms with van der Waals surface area (Å²) in [5.74, 6) is -0.891. The van der Waals surface area contributed by atoms with Crippen LogP contribution in [0.3, 0.4) is 0 Å². The van der Waals surface area contributed by atoms with Crippen LogP contribution in [0.25, 0.3) is 11.3 Å². The van der Waals surface area contributed by atoms with Gasteiger partial charge in [-0.15, -0.1) is 10.2 Å². The first-order valence-corrected chi connectivity index (χ1v) is 11.9. The van der Waals surface area contributed by atoms with E-state index in [2.05, 4.69) is 24.9 Å². The van der Waals surface area contributed by atoms with Gasteiger partial charge in [-0.25, -0.2) is 8.78 Å². The number of nitrogens with zero attached hydrogens (tertiary/aromatic N) is 6. The predicted molar refractivity (Wildman–Crippen MR) is 122 cm³/mol. The Morgan fingerprint density at radius 2 is 1.67 bits per heavy atom. The normalized spacial score (nSPS) is 20.7. The Bertz CT molecular complexity index is 967. The van der Waals surface area contributed by atoms with E-state index in [0.29, 0.717) is 18.1 Å². The number of benzene rings is 1. The standard InChI is InChI=1S/C24H30F2N6O/c25-20-6-2-5-19(24(20)26)21-7-8-22(28-27-21)31-11-9-29(10-12-31)17-23(33)32-15-13-30(14-16-32)18-3-1-4-18/h2,5-8,18H,1,3-4,9-17H2. The molecule has 1 aromatic carbocycles. The molecule has 7 nitrogen and oxygen atoms in total. The van der Waals surface area contributed by atoms with Gasteiger partial charge in [0, 0.05) is 64.0 Å². The Labute approximate surface area is 193 Å². The van der Waals surface area contributed by atoms with Crippen LogP contribution < -0.4 is 4.90 Å². The first-order chi connectivity index (χ1) is 16.1. The lowest BCUT2D eigenvalue weighted by Crippen LogP contribution is -2.56. The summed E-state index contributed by atoms with van der Waals surface area (Å²) in [5, 5.41) is 8.34. The smallest absolute Gasteiger partial charge is 0.236 e. The highest BCUT2D eigenvalue weighted by Gasteiger charge is 2.30. The van der Waals surface area contributed by atoms with Crippen LogP contribution in [-0.2, 0) is 4.79 Å². The molecule has 1 aromatic heterocycles. The Morgan fingerprint density at radius 3 is 2.30 bits per heavy atom. The van der Waals surface area contributed by atoms with Crippen molar-refractivity contribution in [3.05, 3.63) is 42.0 Å². The minimum absolute atomic E-state index is 0.103. The van der Waals surface area contributed by atoms with Crippen LogP contribution in [0.2, 0.25) is 0 Å². The van der Waals surface area contributed by atoms with Gasteiger partial charge in [0.2, 0.25) is 5.91 Å². The van der Waals surface area contributed by atoms with Crippen molar-refractivity contribution >= 4 is 11.7 Å². The van der Waals surface area contributed by atoms with Crippen LogP contribution >= 0.6 is 0 Å². The molecule has 0 radical (unpaired) electrons. The maximum absolute atomic E-state index is 14.0. The van der Waals surface area contributed by atoms with Gasteiger partial charge < -0.3 is 9.80 Å². The van der Waals surface area contributed by atoms with Gasteiger partial charge in [0.15, 0.2) is 17.5 Å². The third kappa shape index (κ3) is 4.84. The van der Waals surface area contributed by atoms with Crippen molar-refractivity contribution in [3.8, 4) is 11.3 Å². The third-order valence-corrected chi connectivity index (χ3v) is 7.19. The molecule has 1 aliphatic carbocycles. The molecule has 0 unspecified atom stereocenters. The van der Waals surface area contributed by atoms with Crippen LogP contribution in [0.4, 0.5) is 14.6 Å². The van der Waals surface area contributed by atoms with Crippen molar-refractivity contribution in [3.63, 3.8) is 0 Å². The van der Waals surface area contributed by atoms with E-state index in [1.807, 2.05) is 4.90 Å². The third-order valence-electron chi connectivity index (χ3n) is 7.19. The van der Waals surface area contributed by atoms with Crippen molar-refractivity contribution in [2.24, 2.45) is 0 Å². The number of anilines is 1. The van der Waals surface area contributed by atoms with Crippen molar-refractivity contribution in [1.29, 1.82) is 0 Å². The molecule has 0 bridgehead atoms. The van der Waals surface area contributed by atoms with Gasteiger partial charge in [0.25, 0.3) is 0 Å². The molecule has 2 aliphatic heterocycles. The molecule has 0 atom stereocenters. The summed E-state index contributed by atoms with van der Waals surface area (Å²) >= 11 is 0. The molecule has 3 aliphatic rings. The van der Waals surface area contributed by atoms with Crippen molar-refractivity contribution in [2.45, 2.75) is 25.3 Å². The predicted octanol–water partition coefficient (Wildman–Crippen LogP) is 2.24. The number of hydrogen-bond donors (Lipinski definition) is 0. The lowest BCUT2D eigenvalue weighted by atomic mass is 9.91. The number of carbonyl (C=O) groups is 1. The molecule has 0 N–H and O–H groups in total. The Kier molecular flexibility index (Phi) is 6.50. The molecule has 9 heteroatoms. The highest BCUT2D eigenvalue weighted by molar-refractivity contribution is 5.78. The first-order valence-electron chi connectivity index (χ1n) is 11.9. The zero-order valence-electron chi connectivity index (χ0n) is 18.8. The van der Waals surface area contributed by atoms with Gasteiger partial charge in [0.1, 0.15) is 0 Å². The Hall–Kier alpha value is -2.65. The number of amides is 1. The van der Waals surface area contributed by atoms with E-state index in [4.69, 9.17) is 0 Å². The SMILES string of the molecule is O=C(CN1CCN(c2ccc(-c3cccc(F)c3F)nn2)CC1)N1CCN(C2CCC2)CC1. The van der Waals surface area contributed by atoms with Crippen molar-refractivity contribution in [1.82, 2.24) is 24.9 Å². The van der Waals surface area contributed by atoms with E-state index in [0.717, 1.165) is 64.5 Å². The quantitative estimate of drug-likeness (QED) is 0.688. The van der Waals surface area contributed by atoms with Gasteiger partial charge in [-0.05, 0) is 37.1 Å². The average molecular weight is 457 g/mol. The molecular weight excluding hydrogens is 426 g/mol. The van der Waals surface area contributed by atoms with Crippen LogP contribution in [0, 0.1) is 11.6 Å². The van der Waals surface area contributed by atoms with E-state index in [1.165, 1.54) is 31.4 Å². The fourth-order valence-electron chi connectivity index (χ4n) is 4.85. The molecule has 33 heavy (non-hydrogen) atoms. The number of carbonyl (C=O) groups excluding carboxylic acids is 1. The average Bonchev–Trinajstić information content (AvgIpc) is 2.81. The molecule has 1 amide bonds. The number of halogens is 2. The molecule has 0 spiro atoms. The first kappa shape index (κ1) is 22.2. The van der Waals surface area contributed by atoms with E-state index in [1.54, 1.807) is 12.1 Å². The molecular formula is C24H30F2N6O. The topological polar surface area (TPSA) is 55.8 Å². The van der Waals surface area contributed by atoms with Crippen LogP contribution in [0.15, 0.2) is 30.3 Å². The number of rotatable bonds is 5. The van der Waals surface area contributed by atoms with Crippen molar-refractivity contribution in [2.75, 3.05) is 63.8 Å². The molecule has 1 saturated carbocycles. The summed E-state index contributed by atoms with van der Waals surface area (Å²) in [6.07, 6.45) is 3.97. The maximum Gasteiger partial charge on any atom is 0.236 e. The van der Waals surface area contributed by atoms with Gasteiger partial charge >= 0.3 is 0 Å². The Balaban J connectivity index is 1.10. The largest absolute Gasteiger partial charge is 0.353 e. The second-order valence-corrected chi connectivity index (χ2v) is 9.14. The number of hydrogen-bond acceptors (Lipinski definition) is 6. The molecule has 2 saturated heterocycles. The summed E-state index contributed by atoms with van der Waals surface area (Å²) in [5.41, 5.74) is 0.406. The fourth-order valence-corrected chi connectivity index (χ4v) is 4.85. The fraction of sp³-hybridized carbons (Fsp3) is 0.542. The van der Waals surface area contributed by atoms with E-state index in [-0.39, 0.29) is 11.5 Å². The summed E-state index contributed by atoms with van der Waals surface area (Å²) in [6, 6.07) is 8.23. The van der Waals surface area contributed by atoms with Crippen molar-refractivity contribution < 1.29 is 13.6 Å². The second kappa shape index (κ2) is 9.69. The van der Waals surface area contributed by atoms with Gasteiger partial charge in [0.05, 0.1) is 12.2 Å². The minimum Gasteiger partial charge on any atom is -0.353 e. The van der Waals surface area contributed by atoms with Crippen LogP contribution in [-0.4, -0.2) is 95.7 Å². The van der Waals surface area contributed by atoms with Gasteiger partial charge in [-0.1, -0.05) is 12.5 Å². The second-order valence-electron chi connectivity index (χ2n) is 9.14. The summed E-state index contributed by atoms with van der Waals surface area (Å²) < 4.78 is 27.5. The highest BCUT2D eigenvalue weighted by Crippen LogP contribution is 2.26. The monoisotopic (exact) mass is 456 g/mol. The van der Waals surface area contributed by atoms with Crippen LogP contribution in [0.1, 0.15) is 19.3 Å². The molecule has 3 heterocycles. The molecule has 5 rings (SSSR count). The van der Waals surface area contributed by atoms with Gasteiger partial charge in [-0.2, -0.15) is 0 Å². The lowest BCUT2D eigenvalue weighted by molar-refractivity contribution is -0.134. The highest BCUT2D eigenvalue weighted by atomic mass is 19.2. The lowest BCUT2D eigenvalue weighted by Gasteiger charge is -2.43. The van der Waals surface area contributed by atoms with E-state index in [9.17, 15) is 13.6 Å².